The Balaban J connectivity index is 2.31. The second kappa shape index (κ2) is 6.20. The molecule has 0 aliphatic heterocycles. The number of carboxylic acids is 1. The van der Waals surface area contributed by atoms with Gasteiger partial charge in [0.05, 0.1) is 6.42 Å². The third-order valence-corrected chi connectivity index (χ3v) is 4.27. The fraction of sp³-hybridized carbons (Fsp3) is 0.667. The van der Waals surface area contributed by atoms with E-state index in [1.807, 2.05) is 6.92 Å². The molecular formula is C15H22N2O3. The van der Waals surface area contributed by atoms with Crippen LogP contribution in [0.3, 0.4) is 0 Å². The summed E-state index contributed by atoms with van der Waals surface area (Å²) in [6.45, 7) is 4.21. The van der Waals surface area contributed by atoms with Crippen molar-refractivity contribution in [3.05, 3.63) is 27.4 Å². The number of hydrogen-bond donors (Lipinski definition) is 1. The van der Waals surface area contributed by atoms with Crippen molar-refractivity contribution in [1.29, 1.82) is 0 Å². The van der Waals surface area contributed by atoms with Crippen LogP contribution in [-0.2, 0) is 17.8 Å². The van der Waals surface area contributed by atoms with Crippen LogP contribution in [0.2, 0.25) is 0 Å². The van der Waals surface area contributed by atoms with Crippen LogP contribution >= 0.6 is 0 Å². The standard InChI is InChI=1S/C15H22N2O3/c1-10-13(8-14(18)19)11(2)17(15(20)16-10)9-12-6-4-3-5-7-12/h12H,3-9H2,1-2H3,(H,18,19). The van der Waals surface area contributed by atoms with E-state index < -0.39 is 5.97 Å². The van der Waals surface area contributed by atoms with Crippen molar-refractivity contribution in [1.82, 2.24) is 9.55 Å². The quantitative estimate of drug-likeness (QED) is 0.915. The highest BCUT2D eigenvalue weighted by molar-refractivity contribution is 5.70. The van der Waals surface area contributed by atoms with Crippen molar-refractivity contribution in [2.45, 2.75) is 58.9 Å². The van der Waals surface area contributed by atoms with E-state index in [4.69, 9.17) is 5.11 Å². The molecule has 1 aliphatic rings. The maximum absolute atomic E-state index is 12.1. The summed E-state index contributed by atoms with van der Waals surface area (Å²) in [4.78, 5) is 27.0. The molecule has 1 N–H and O–H groups in total. The maximum atomic E-state index is 12.1. The van der Waals surface area contributed by atoms with E-state index in [9.17, 15) is 9.59 Å². The van der Waals surface area contributed by atoms with Crippen LogP contribution in [0.15, 0.2) is 4.79 Å². The highest BCUT2D eigenvalue weighted by atomic mass is 16.4. The second-order valence-corrected chi connectivity index (χ2v) is 5.73. The van der Waals surface area contributed by atoms with Gasteiger partial charge in [0.15, 0.2) is 0 Å². The van der Waals surface area contributed by atoms with Crippen LogP contribution in [0, 0.1) is 19.8 Å². The number of aliphatic carboxylic acids is 1. The first-order valence-electron chi connectivity index (χ1n) is 7.27. The van der Waals surface area contributed by atoms with Crippen molar-refractivity contribution in [3.8, 4) is 0 Å². The summed E-state index contributed by atoms with van der Waals surface area (Å²) >= 11 is 0. The molecule has 0 unspecified atom stereocenters. The minimum absolute atomic E-state index is 0.0738. The first-order valence-corrected chi connectivity index (χ1v) is 7.27. The number of aromatic nitrogens is 2. The summed E-state index contributed by atoms with van der Waals surface area (Å²) in [5, 5.41) is 8.98. The molecule has 5 heteroatoms. The number of carbonyl (C=O) groups is 1. The molecule has 110 valence electrons. The zero-order chi connectivity index (χ0) is 14.7. The zero-order valence-corrected chi connectivity index (χ0v) is 12.2. The summed E-state index contributed by atoms with van der Waals surface area (Å²) in [7, 11) is 0. The molecule has 20 heavy (non-hydrogen) atoms. The van der Waals surface area contributed by atoms with Crippen LogP contribution in [0.1, 0.15) is 49.1 Å². The molecule has 0 amide bonds. The minimum atomic E-state index is -0.888. The van der Waals surface area contributed by atoms with Gasteiger partial charge in [-0.2, -0.15) is 4.98 Å². The Morgan fingerprint density at radius 1 is 1.30 bits per heavy atom. The average molecular weight is 278 g/mol. The number of aryl methyl sites for hydroxylation is 1. The molecule has 0 atom stereocenters. The minimum Gasteiger partial charge on any atom is -0.481 e. The van der Waals surface area contributed by atoms with Gasteiger partial charge in [0.25, 0.3) is 0 Å². The van der Waals surface area contributed by atoms with Gasteiger partial charge in [-0.05, 0) is 32.6 Å². The van der Waals surface area contributed by atoms with Gasteiger partial charge >= 0.3 is 11.7 Å². The molecule has 0 bridgehead atoms. The van der Waals surface area contributed by atoms with Crippen molar-refractivity contribution in [2.24, 2.45) is 5.92 Å². The fourth-order valence-corrected chi connectivity index (χ4v) is 3.09. The number of carboxylic acid groups (broad SMARTS) is 1. The first kappa shape index (κ1) is 14.8. The molecule has 1 fully saturated rings. The molecule has 0 radical (unpaired) electrons. The van der Waals surface area contributed by atoms with Gasteiger partial charge in [-0.25, -0.2) is 4.79 Å². The third kappa shape index (κ3) is 3.26. The van der Waals surface area contributed by atoms with Crippen LogP contribution in [0.5, 0.6) is 0 Å². The SMILES string of the molecule is Cc1nc(=O)n(CC2CCCCC2)c(C)c1CC(=O)O. The molecule has 0 saturated heterocycles. The summed E-state index contributed by atoms with van der Waals surface area (Å²) in [5.41, 5.74) is 1.72. The Bertz CT molecular complexity index is 557. The molecule has 5 nitrogen and oxygen atoms in total. The first-order chi connectivity index (χ1) is 9.49. The summed E-state index contributed by atoms with van der Waals surface area (Å²) in [6.07, 6.45) is 5.94. The molecular weight excluding hydrogens is 256 g/mol. The lowest BCUT2D eigenvalue weighted by atomic mass is 9.89. The van der Waals surface area contributed by atoms with Gasteiger partial charge < -0.3 is 5.11 Å². The molecule has 0 aromatic carbocycles. The largest absolute Gasteiger partial charge is 0.481 e. The van der Waals surface area contributed by atoms with Gasteiger partial charge in [0.1, 0.15) is 0 Å². The van der Waals surface area contributed by atoms with Gasteiger partial charge in [0, 0.05) is 23.5 Å². The van der Waals surface area contributed by atoms with Gasteiger partial charge in [-0.3, -0.25) is 9.36 Å². The Morgan fingerprint density at radius 2 is 1.95 bits per heavy atom. The second-order valence-electron chi connectivity index (χ2n) is 5.73. The van der Waals surface area contributed by atoms with E-state index in [1.165, 1.54) is 19.3 Å². The Morgan fingerprint density at radius 3 is 2.55 bits per heavy atom. The van der Waals surface area contributed by atoms with Gasteiger partial charge in [-0.15, -0.1) is 0 Å². The van der Waals surface area contributed by atoms with E-state index in [0.29, 0.717) is 23.7 Å². The molecule has 1 aromatic heterocycles. The fourth-order valence-electron chi connectivity index (χ4n) is 3.09. The highest BCUT2D eigenvalue weighted by Crippen LogP contribution is 2.25. The smallest absolute Gasteiger partial charge is 0.347 e. The molecule has 1 aromatic rings. The van der Waals surface area contributed by atoms with E-state index in [-0.39, 0.29) is 12.1 Å². The van der Waals surface area contributed by atoms with Crippen LogP contribution in [-0.4, -0.2) is 20.6 Å². The molecule has 0 spiro atoms. The van der Waals surface area contributed by atoms with Crippen molar-refractivity contribution >= 4 is 5.97 Å². The lowest BCUT2D eigenvalue weighted by Gasteiger charge is -2.24. The molecule has 1 heterocycles. The van der Waals surface area contributed by atoms with Crippen LogP contribution in [0.25, 0.3) is 0 Å². The van der Waals surface area contributed by atoms with Gasteiger partial charge in [0.2, 0.25) is 0 Å². The van der Waals surface area contributed by atoms with E-state index in [0.717, 1.165) is 18.5 Å². The maximum Gasteiger partial charge on any atom is 0.347 e. The monoisotopic (exact) mass is 278 g/mol. The lowest BCUT2D eigenvalue weighted by Crippen LogP contribution is -2.31. The summed E-state index contributed by atoms with van der Waals surface area (Å²) < 4.78 is 1.67. The Labute approximate surface area is 118 Å². The van der Waals surface area contributed by atoms with E-state index in [1.54, 1.807) is 11.5 Å². The predicted molar refractivity (Wildman–Crippen MR) is 75.9 cm³/mol. The van der Waals surface area contributed by atoms with E-state index in [2.05, 4.69) is 4.98 Å². The Hall–Kier alpha value is -1.65. The van der Waals surface area contributed by atoms with Gasteiger partial charge in [-0.1, -0.05) is 19.3 Å². The predicted octanol–water partition coefficient (Wildman–Crippen LogP) is 2.07. The topological polar surface area (TPSA) is 72.2 Å². The summed E-state index contributed by atoms with van der Waals surface area (Å²) in [6, 6.07) is 0. The third-order valence-electron chi connectivity index (χ3n) is 4.27. The van der Waals surface area contributed by atoms with Crippen LogP contribution in [0.4, 0.5) is 0 Å². The zero-order valence-electron chi connectivity index (χ0n) is 12.2. The molecule has 1 aliphatic carbocycles. The number of nitrogens with zero attached hydrogens (tertiary/aromatic N) is 2. The van der Waals surface area contributed by atoms with Crippen molar-refractivity contribution < 1.29 is 9.90 Å². The van der Waals surface area contributed by atoms with Crippen LogP contribution < -0.4 is 5.69 Å². The molecule has 1 saturated carbocycles. The van der Waals surface area contributed by atoms with E-state index >= 15 is 0 Å². The lowest BCUT2D eigenvalue weighted by molar-refractivity contribution is -0.136. The normalized spacial score (nSPS) is 16.3. The Kier molecular flexibility index (Phi) is 4.57. The highest BCUT2D eigenvalue weighted by Gasteiger charge is 2.19. The van der Waals surface area contributed by atoms with Crippen molar-refractivity contribution in [3.63, 3.8) is 0 Å². The number of rotatable bonds is 4. The summed E-state index contributed by atoms with van der Waals surface area (Å²) in [5.74, 6) is -0.372. The molecule has 2 rings (SSSR count). The average Bonchev–Trinajstić information content (AvgIpc) is 2.40. The van der Waals surface area contributed by atoms with Crippen molar-refractivity contribution in [2.75, 3.05) is 0 Å². The number of hydrogen-bond acceptors (Lipinski definition) is 3.